The molecule has 6 heteroatoms. The molecule has 0 saturated carbocycles. The predicted octanol–water partition coefficient (Wildman–Crippen LogP) is 11.1. The van der Waals surface area contributed by atoms with E-state index in [1.165, 1.54) is 32.7 Å². The van der Waals surface area contributed by atoms with Gasteiger partial charge in [0.1, 0.15) is 11.4 Å². The number of hydrogen-bond donors (Lipinski definition) is 0. The van der Waals surface area contributed by atoms with Gasteiger partial charge in [-0.25, -0.2) is 4.39 Å². The summed E-state index contributed by atoms with van der Waals surface area (Å²) >= 11 is -1.94. The number of benzene rings is 5. The topological polar surface area (TPSA) is 54.8 Å². The standard InChI is InChI=1S/C41H38FGeN3O/c1-24(2)32-21-28(27-15-17-29(18-16-27)43(5,6)7)22-33(25(3)4)39(32)46-36-14-9-8-13-35(36)45-41(46)31-12-10-11-30-38-34(42)19-26(23-44)20-37(38)47-40(30)31/h8-22,24-25H,1-7H3. The zero-order chi connectivity index (χ0) is 33.2. The Balaban J connectivity index is 1.53. The molecule has 7 rings (SSSR count). The van der Waals surface area contributed by atoms with Crippen molar-refractivity contribution in [1.29, 1.82) is 5.26 Å². The normalized spacial score (nSPS) is 12.2. The van der Waals surface area contributed by atoms with Crippen LogP contribution in [0, 0.1) is 17.1 Å². The molecule has 4 nitrogen and oxygen atoms in total. The molecule has 0 aliphatic carbocycles. The molecule has 0 radical (unpaired) electrons. The Morgan fingerprint density at radius 3 is 2.13 bits per heavy atom. The second-order valence-corrected chi connectivity index (χ2v) is 24.8. The van der Waals surface area contributed by atoms with Crippen LogP contribution >= 0.6 is 0 Å². The van der Waals surface area contributed by atoms with Crippen LogP contribution in [0.3, 0.4) is 0 Å². The molecule has 234 valence electrons. The summed E-state index contributed by atoms with van der Waals surface area (Å²) in [7, 11) is 0. The van der Waals surface area contributed by atoms with E-state index >= 15 is 4.39 Å². The van der Waals surface area contributed by atoms with Crippen molar-refractivity contribution in [3.63, 3.8) is 0 Å². The first-order valence-electron chi connectivity index (χ1n) is 16.3. The molecular formula is C41H38FGeN3O. The molecule has 2 aromatic heterocycles. The Labute approximate surface area is 277 Å². The van der Waals surface area contributed by atoms with Crippen molar-refractivity contribution in [2.45, 2.75) is 56.8 Å². The van der Waals surface area contributed by atoms with Gasteiger partial charge in [-0.2, -0.15) is 5.26 Å². The van der Waals surface area contributed by atoms with Gasteiger partial charge in [-0.1, -0.05) is 18.2 Å². The zero-order valence-corrected chi connectivity index (χ0v) is 30.0. The Hall–Kier alpha value is -4.67. The van der Waals surface area contributed by atoms with Gasteiger partial charge in [-0.3, -0.25) is 0 Å². The number of fused-ring (bicyclic) bond motifs is 4. The van der Waals surface area contributed by atoms with Crippen LogP contribution in [-0.2, 0) is 0 Å². The average molecular weight is 680 g/mol. The maximum atomic E-state index is 15.4. The van der Waals surface area contributed by atoms with E-state index in [0.717, 1.165) is 28.1 Å². The van der Waals surface area contributed by atoms with Gasteiger partial charge in [0.15, 0.2) is 0 Å². The molecule has 7 aromatic rings. The monoisotopic (exact) mass is 681 g/mol. The van der Waals surface area contributed by atoms with Crippen molar-refractivity contribution in [1.82, 2.24) is 9.55 Å². The van der Waals surface area contributed by atoms with Gasteiger partial charge < -0.3 is 4.42 Å². The summed E-state index contributed by atoms with van der Waals surface area (Å²) in [6, 6.07) is 32.8. The summed E-state index contributed by atoms with van der Waals surface area (Å²) in [5.41, 5.74) is 9.76. The van der Waals surface area contributed by atoms with E-state index in [4.69, 9.17) is 9.40 Å². The Morgan fingerprint density at radius 1 is 0.809 bits per heavy atom. The van der Waals surface area contributed by atoms with Crippen LogP contribution in [0.5, 0.6) is 0 Å². The summed E-state index contributed by atoms with van der Waals surface area (Å²) in [5.74, 6) is 7.99. The van der Waals surface area contributed by atoms with Crippen molar-refractivity contribution in [3.05, 3.63) is 114 Å². The molecule has 0 saturated heterocycles. The van der Waals surface area contributed by atoms with Crippen LogP contribution in [0.4, 0.5) is 4.39 Å². The summed E-state index contributed by atoms with van der Waals surface area (Å²) in [6.07, 6.45) is 0. The van der Waals surface area contributed by atoms with Crippen LogP contribution in [-0.4, -0.2) is 22.8 Å². The number of aromatic nitrogens is 2. The van der Waals surface area contributed by atoms with Crippen LogP contribution in [0.1, 0.15) is 56.2 Å². The summed E-state index contributed by atoms with van der Waals surface area (Å²) < 4.78 is 25.5. The Morgan fingerprint density at radius 2 is 1.49 bits per heavy atom. The van der Waals surface area contributed by atoms with Crippen molar-refractivity contribution in [2.75, 3.05) is 0 Å². The Kier molecular flexibility index (Phi) is 7.60. The molecule has 5 aromatic carbocycles. The molecule has 0 atom stereocenters. The number of hydrogen-bond acceptors (Lipinski definition) is 3. The van der Waals surface area contributed by atoms with E-state index in [9.17, 15) is 5.26 Å². The molecule has 0 bridgehead atoms. The molecule has 0 N–H and O–H groups in total. The van der Waals surface area contributed by atoms with E-state index in [1.807, 2.05) is 42.5 Å². The third kappa shape index (κ3) is 5.25. The number of nitriles is 1. The zero-order valence-electron chi connectivity index (χ0n) is 27.9. The fourth-order valence-electron chi connectivity index (χ4n) is 6.70. The molecule has 0 unspecified atom stereocenters. The maximum absolute atomic E-state index is 15.4. The summed E-state index contributed by atoms with van der Waals surface area (Å²) in [4.78, 5) is 5.21. The van der Waals surface area contributed by atoms with Crippen LogP contribution in [0.15, 0.2) is 95.4 Å². The van der Waals surface area contributed by atoms with E-state index < -0.39 is 19.1 Å². The summed E-state index contributed by atoms with van der Waals surface area (Å²) in [5, 5.41) is 10.5. The van der Waals surface area contributed by atoms with Gasteiger partial charge in [0.25, 0.3) is 0 Å². The first-order chi connectivity index (χ1) is 22.5. The van der Waals surface area contributed by atoms with Crippen molar-refractivity contribution >= 4 is 50.6 Å². The van der Waals surface area contributed by atoms with Gasteiger partial charge >= 0.3 is 201 Å². The number of imidazole rings is 1. The van der Waals surface area contributed by atoms with Gasteiger partial charge in [-0.15, -0.1) is 0 Å². The molecule has 0 aliphatic heterocycles. The number of rotatable bonds is 6. The number of furan rings is 1. The van der Waals surface area contributed by atoms with Gasteiger partial charge in [-0.05, 0) is 12.1 Å². The van der Waals surface area contributed by atoms with Gasteiger partial charge in [0.05, 0.1) is 17.0 Å². The molecule has 2 heterocycles. The fraction of sp³-hybridized carbons (Fsp3) is 0.220. The molecule has 0 aliphatic rings. The number of nitrogens with zero attached hydrogens (tertiary/aromatic N) is 3. The average Bonchev–Trinajstić information content (AvgIpc) is 3.62. The van der Waals surface area contributed by atoms with E-state index in [2.05, 4.69) is 92.0 Å². The van der Waals surface area contributed by atoms with Crippen LogP contribution in [0.2, 0.25) is 17.3 Å². The fourth-order valence-corrected chi connectivity index (χ4v) is 9.15. The first-order valence-corrected chi connectivity index (χ1v) is 23.6. The molecule has 47 heavy (non-hydrogen) atoms. The first kappa shape index (κ1) is 31.0. The molecule has 0 fully saturated rings. The van der Waals surface area contributed by atoms with E-state index in [1.54, 1.807) is 6.07 Å². The van der Waals surface area contributed by atoms with Crippen LogP contribution in [0.25, 0.3) is 61.2 Å². The van der Waals surface area contributed by atoms with E-state index in [-0.39, 0.29) is 17.4 Å². The SMILES string of the molecule is CC(C)c1cc(-c2cc[c]([Ge]([CH3])([CH3])[CH3])cc2)cc(C(C)C)c1-n1c(-c2cccc3c2oc2cc(C#N)cc(F)c23)nc2ccccc21. The third-order valence-corrected chi connectivity index (χ3v) is 13.5. The number of halogens is 1. The van der Waals surface area contributed by atoms with Crippen molar-refractivity contribution in [3.8, 4) is 34.3 Å². The van der Waals surface area contributed by atoms with Crippen molar-refractivity contribution < 1.29 is 8.81 Å². The van der Waals surface area contributed by atoms with Crippen LogP contribution < -0.4 is 4.40 Å². The second kappa shape index (κ2) is 11.5. The summed E-state index contributed by atoms with van der Waals surface area (Å²) in [6.45, 7) is 8.99. The minimum atomic E-state index is -1.94. The third-order valence-electron chi connectivity index (χ3n) is 9.20. The minimum absolute atomic E-state index is 0.223. The molecule has 0 spiro atoms. The van der Waals surface area contributed by atoms with E-state index in [0.29, 0.717) is 21.9 Å². The van der Waals surface area contributed by atoms with Gasteiger partial charge in [0.2, 0.25) is 0 Å². The predicted molar refractivity (Wildman–Crippen MR) is 195 cm³/mol. The quantitative estimate of drug-likeness (QED) is 0.164. The van der Waals surface area contributed by atoms with Gasteiger partial charge in [0, 0.05) is 5.39 Å². The Bertz CT molecular complexity index is 2340. The second-order valence-electron chi connectivity index (χ2n) is 14.1. The molecular weight excluding hydrogens is 642 g/mol. The molecule has 0 amide bonds. The van der Waals surface area contributed by atoms with Crippen molar-refractivity contribution in [2.24, 2.45) is 0 Å². The number of para-hydroxylation sites is 3.